The van der Waals surface area contributed by atoms with Crippen molar-refractivity contribution in [2.75, 3.05) is 13.6 Å². The predicted octanol–water partition coefficient (Wildman–Crippen LogP) is 1.28. The Hall–Kier alpha value is -1.73. The van der Waals surface area contributed by atoms with Crippen molar-refractivity contribution < 1.29 is 4.79 Å². The molecule has 0 aliphatic heterocycles. The van der Waals surface area contributed by atoms with Crippen LogP contribution in [0.1, 0.15) is 13.8 Å². The van der Waals surface area contributed by atoms with Crippen LogP contribution in [0.15, 0.2) is 24.4 Å². The van der Waals surface area contributed by atoms with Crippen molar-refractivity contribution in [2.45, 2.75) is 26.6 Å². The van der Waals surface area contributed by atoms with Crippen molar-refractivity contribution in [1.82, 2.24) is 24.4 Å². The summed E-state index contributed by atoms with van der Waals surface area (Å²) in [7, 11) is 1.87. The molecule has 0 unspecified atom stereocenters. The molecule has 0 aromatic carbocycles. The summed E-state index contributed by atoms with van der Waals surface area (Å²) >= 11 is 5.37. The maximum atomic E-state index is 11.7. The molecule has 7 heteroatoms. The van der Waals surface area contributed by atoms with Gasteiger partial charge in [-0.05, 0) is 45.2 Å². The molecule has 0 saturated heterocycles. The number of hydrogen-bond donors (Lipinski definition) is 1. The molecule has 0 radical (unpaired) electrons. The summed E-state index contributed by atoms with van der Waals surface area (Å²) < 4.78 is 4.18. The quantitative estimate of drug-likeness (QED) is 0.844. The zero-order valence-electron chi connectivity index (χ0n) is 11.9. The van der Waals surface area contributed by atoms with Crippen LogP contribution in [-0.4, -0.2) is 44.6 Å². The van der Waals surface area contributed by atoms with E-state index in [1.807, 2.05) is 54.6 Å². The minimum Gasteiger partial charge on any atom is -0.353 e. The van der Waals surface area contributed by atoms with Crippen LogP contribution < -0.4 is 5.32 Å². The van der Waals surface area contributed by atoms with Gasteiger partial charge in [-0.1, -0.05) is 6.07 Å². The number of rotatable bonds is 5. The molecule has 0 aliphatic rings. The molecular formula is C13H19N5OS. The number of hydrogen-bond acceptors (Lipinski definition) is 4. The highest BCUT2D eigenvalue weighted by atomic mass is 32.1. The molecule has 0 fully saturated rings. The van der Waals surface area contributed by atoms with Gasteiger partial charge in [0.05, 0.1) is 13.2 Å². The summed E-state index contributed by atoms with van der Waals surface area (Å²) in [5, 5.41) is 7.28. The van der Waals surface area contributed by atoms with Crippen LogP contribution in [0, 0.1) is 4.77 Å². The monoisotopic (exact) mass is 293 g/mol. The molecule has 2 aromatic rings. The van der Waals surface area contributed by atoms with Crippen LogP contribution >= 0.6 is 12.2 Å². The van der Waals surface area contributed by atoms with Crippen molar-refractivity contribution >= 4 is 23.8 Å². The van der Waals surface area contributed by atoms with Gasteiger partial charge < -0.3 is 5.32 Å². The van der Waals surface area contributed by atoms with E-state index in [2.05, 4.69) is 10.4 Å². The lowest BCUT2D eigenvalue weighted by atomic mass is 10.4. The molecule has 2 aromatic heterocycles. The summed E-state index contributed by atoms with van der Waals surface area (Å²) in [6.45, 7) is 4.67. The molecule has 20 heavy (non-hydrogen) atoms. The molecular weight excluding hydrogens is 274 g/mol. The Balaban J connectivity index is 2.06. The SMILES string of the molecule is CC(C)NC(=O)CN(C)Cn1nc2ccccn2c1=S. The normalized spacial score (nSPS) is 11.4. The maximum absolute atomic E-state index is 11.7. The van der Waals surface area contributed by atoms with E-state index in [1.165, 1.54) is 0 Å². The lowest BCUT2D eigenvalue weighted by Crippen LogP contribution is -2.39. The summed E-state index contributed by atoms with van der Waals surface area (Å²) in [6, 6.07) is 5.88. The number of pyridine rings is 1. The molecule has 0 bridgehead atoms. The van der Waals surface area contributed by atoms with Crippen LogP contribution in [0.4, 0.5) is 0 Å². The number of nitrogens with zero attached hydrogens (tertiary/aromatic N) is 4. The van der Waals surface area contributed by atoms with E-state index < -0.39 is 0 Å². The fourth-order valence-electron chi connectivity index (χ4n) is 1.95. The fraction of sp³-hybridized carbons (Fsp3) is 0.462. The van der Waals surface area contributed by atoms with Crippen molar-refractivity contribution in [3.63, 3.8) is 0 Å². The van der Waals surface area contributed by atoms with Gasteiger partial charge in [0.2, 0.25) is 10.7 Å². The van der Waals surface area contributed by atoms with Gasteiger partial charge in [0.25, 0.3) is 0 Å². The summed E-state index contributed by atoms with van der Waals surface area (Å²) in [5.41, 5.74) is 0.803. The highest BCUT2D eigenvalue weighted by Gasteiger charge is 2.10. The van der Waals surface area contributed by atoms with E-state index in [4.69, 9.17) is 12.2 Å². The Morgan fingerprint density at radius 3 is 2.90 bits per heavy atom. The first-order valence-electron chi connectivity index (χ1n) is 6.49. The molecule has 0 spiro atoms. The van der Waals surface area contributed by atoms with Crippen molar-refractivity contribution in [3.05, 3.63) is 29.2 Å². The average Bonchev–Trinajstić information content (AvgIpc) is 2.65. The highest BCUT2D eigenvalue weighted by Crippen LogP contribution is 2.03. The number of carbonyl (C=O) groups is 1. The Morgan fingerprint density at radius 2 is 2.25 bits per heavy atom. The number of carbonyl (C=O) groups excluding carboxylic acids is 1. The second kappa shape index (κ2) is 6.15. The third-order valence-electron chi connectivity index (χ3n) is 2.73. The van der Waals surface area contributed by atoms with Gasteiger partial charge in [-0.3, -0.25) is 14.1 Å². The molecule has 6 nitrogen and oxygen atoms in total. The standard InChI is InChI=1S/C13H19N5OS/c1-10(2)14-12(19)8-16(3)9-18-13(20)17-7-5-4-6-11(17)15-18/h4-7,10H,8-9H2,1-3H3,(H,14,19). The van der Waals surface area contributed by atoms with Crippen LogP contribution in [0.2, 0.25) is 0 Å². The Labute approximate surface area is 123 Å². The third kappa shape index (κ3) is 3.43. The second-order valence-electron chi connectivity index (χ2n) is 5.09. The molecule has 1 amide bonds. The van der Waals surface area contributed by atoms with Crippen LogP contribution in [0.3, 0.4) is 0 Å². The number of fused-ring (bicyclic) bond motifs is 1. The number of likely N-dealkylation sites (N-methyl/N-ethyl adjacent to an activating group) is 1. The van der Waals surface area contributed by atoms with Gasteiger partial charge in [0.15, 0.2) is 5.65 Å². The van der Waals surface area contributed by atoms with Crippen molar-refractivity contribution in [2.24, 2.45) is 0 Å². The van der Waals surface area contributed by atoms with Crippen LogP contribution in [0.25, 0.3) is 5.65 Å². The molecule has 1 N–H and O–H groups in total. The Morgan fingerprint density at radius 1 is 1.50 bits per heavy atom. The van der Waals surface area contributed by atoms with E-state index in [0.29, 0.717) is 18.0 Å². The van der Waals surface area contributed by atoms with E-state index in [-0.39, 0.29) is 11.9 Å². The second-order valence-corrected chi connectivity index (χ2v) is 5.45. The van der Waals surface area contributed by atoms with Gasteiger partial charge >= 0.3 is 0 Å². The first-order valence-corrected chi connectivity index (χ1v) is 6.90. The van der Waals surface area contributed by atoms with E-state index >= 15 is 0 Å². The van der Waals surface area contributed by atoms with Crippen LogP contribution in [0.5, 0.6) is 0 Å². The molecule has 2 rings (SSSR count). The lowest BCUT2D eigenvalue weighted by Gasteiger charge is -2.17. The molecule has 0 aliphatic carbocycles. The largest absolute Gasteiger partial charge is 0.353 e. The smallest absolute Gasteiger partial charge is 0.234 e. The molecule has 0 saturated carbocycles. The van der Waals surface area contributed by atoms with Gasteiger partial charge in [0, 0.05) is 12.2 Å². The van der Waals surface area contributed by atoms with E-state index in [0.717, 1.165) is 5.65 Å². The lowest BCUT2D eigenvalue weighted by molar-refractivity contribution is -0.122. The zero-order chi connectivity index (χ0) is 14.7. The maximum Gasteiger partial charge on any atom is 0.234 e. The zero-order valence-corrected chi connectivity index (χ0v) is 12.7. The Kier molecular flexibility index (Phi) is 4.51. The van der Waals surface area contributed by atoms with Gasteiger partial charge in [-0.25, -0.2) is 4.68 Å². The first kappa shape index (κ1) is 14.7. The molecule has 108 valence electrons. The minimum absolute atomic E-state index is 0.00205. The predicted molar refractivity (Wildman–Crippen MR) is 79.9 cm³/mol. The van der Waals surface area contributed by atoms with Gasteiger partial charge in [-0.15, -0.1) is 0 Å². The third-order valence-corrected chi connectivity index (χ3v) is 3.13. The highest BCUT2D eigenvalue weighted by molar-refractivity contribution is 7.71. The van der Waals surface area contributed by atoms with Gasteiger partial charge in [0.1, 0.15) is 0 Å². The van der Waals surface area contributed by atoms with Gasteiger partial charge in [-0.2, -0.15) is 5.10 Å². The number of amides is 1. The topological polar surface area (TPSA) is 54.6 Å². The minimum atomic E-state index is -0.00205. The average molecular weight is 293 g/mol. The van der Waals surface area contributed by atoms with Crippen molar-refractivity contribution in [3.8, 4) is 0 Å². The van der Waals surface area contributed by atoms with Crippen molar-refractivity contribution in [1.29, 1.82) is 0 Å². The summed E-state index contributed by atoms with van der Waals surface area (Å²) in [6.07, 6.45) is 1.88. The summed E-state index contributed by atoms with van der Waals surface area (Å²) in [4.78, 5) is 13.6. The molecule has 2 heterocycles. The fourth-order valence-corrected chi connectivity index (χ4v) is 2.20. The number of aromatic nitrogens is 3. The Bertz CT molecular complexity index is 660. The first-order chi connectivity index (χ1) is 9.47. The number of nitrogens with one attached hydrogen (secondary N) is 1. The van der Waals surface area contributed by atoms with E-state index in [1.54, 1.807) is 4.68 Å². The van der Waals surface area contributed by atoms with Crippen LogP contribution in [-0.2, 0) is 11.5 Å². The summed E-state index contributed by atoms with van der Waals surface area (Å²) in [5.74, 6) is -0.00205. The van der Waals surface area contributed by atoms with E-state index in [9.17, 15) is 4.79 Å². The molecule has 0 atom stereocenters.